The van der Waals surface area contributed by atoms with Gasteiger partial charge in [0.1, 0.15) is 6.61 Å². The number of ether oxygens (including phenoxy) is 2. The fourth-order valence-electron chi connectivity index (χ4n) is 3.49. The standard InChI is InChI=1S/C23H30N2O3/c1-18(2)16-24-11-13-25(14-12-24)23(26)20-9-10-21(22(15-20)27-3)28-17-19-7-5-4-6-8-19/h4-10,15,18H,11-14,16-17H2,1-3H3. The number of nitrogens with zero attached hydrogens (tertiary/aromatic N) is 2. The number of amides is 1. The van der Waals surface area contributed by atoms with Gasteiger partial charge in [0.2, 0.25) is 0 Å². The summed E-state index contributed by atoms with van der Waals surface area (Å²) in [6.07, 6.45) is 0. The number of carbonyl (C=O) groups is 1. The first kappa shape index (κ1) is 20.2. The molecule has 0 bridgehead atoms. The van der Waals surface area contributed by atoms with Crippen LogP contribution in [0.4, 0.5) is 0 Å². The molecule has 0 unspecified atom stereocenters. The van der Waals surface area contributed by atoms with E-state index in [9.17, 15) is 4.79 Å². The Labute approximate surface area is 167 Å². The summed E-state index contributed by atoms with van der Waals surface area (Å²) in [5.41, 5.74) is 1.73. The molecule has 1 aliphatic rings. The van der Waals surface area contributed by atoms with Gasteiger partial charge in [-0.3, -0.25) is 9.69 Å². The summed E-state index contributed by atoms with van der Waals surface area (Å²) in [7, 11) is 1.60. The lowest BCUT2D eigenvalue weighted by Gasteiger charge is -2.35. The van der Waals surface area contributed by atoms with Crippen LogP contribution in [0.1, 0.15) is 29.8 Å². The van der Waals surface area contributed by atoms with E-state index < -0.39 is 0 Å². The van der Waals surface area contributed by atoms with Crippen LogP contribution in [-0.4, -0.2) is 55.5 Å². The quantitative estimate of drug-likeness (QED) is 0.732. The van der Waals surface area contributed by atoms with Gasteiger partial charge in [0, 0.05) is 38.3 Å². The Kier molecular flexibility index (Phi) is 6.93. The predicted octanol–water partition coefficient (Wildman–Crippen LogP) is 3.69. The molecule has 0 spiro atoms. The Morgan fingerprint density at radius 3 is 2.36 bits per heavy atom. The SMILES string of the molecule is COc1cc(C(=O)N2CCN(CC(C)C)CC2)ccc1OCc1ccccc1. The van der Waals surface area contributed by atoms with Crippen LogP contribution in [0.25, 0.3) is 0 Å². The van der Waals surface area contributed by atoms with Crippen molar-refractivity contribution in [3.8, 4) is 11.5 Å². The molecule has 2 aromatic rings. The summed E-state index contributed by atoms with van der Waals surface area (Å²) in [6, 6.07) is 15.4. The lowest BCUT2D eigenvalue weighted by molar-refractivity contribution is 0.0623. The Bertz CT molecular complexity index is 769. The minimum atomic E-state index is 0.0529. The largest absolute Gasteiger partial charge is 0.493 e. The van der Waals surface area contributed by atoms with E-state index in [1.807, 2.05) is 47.4 Å². The maximum Gasteiger partial charge on any atom is 0.254 e. The number of piperazine rings is 1. The van der Waals surface area contributed by atoms with E-state index in [4.69, 9.17) is 9.47 Å². The van der Waals surface area contributed by atoms with Crippen molar-refractivity contribution in [3.63, 3.8) is 0 Å². The maximum atomic E-state index is 12.9. The number of rotatable bonds is 7. The highest BCUT2D eigenvalue weighted by atomic mass is 16.5. The third-order valence-electron chi connectivity index (χ3n) is 4.93. The second-order valence-corrected chi connectivity index (χ2v) is 7.63. The summed E-state index contributed by atoms with van der Waals surface area (Å²) in [4.78, 5) is 17.3. The van der Waals surface area contributed by atoms with Crippen molar-refractivity contribution in [2.45, 2.75) is 20.5 Å². The van der Waals surface area contributed by atoms with Crippen LogP contribution in [0.15, 0.2) is 48.5 Å². The highest BCUT2D eigenvalue weighted by Gasteiger charge is 2.23. The topological polar surface area (TPSA) is 42.0 Å². The molecule has 1 fully saturated rings. The normalized spacial score (nSPS) is 14.9. The van der Waals surface area contributed by atoms with Crippen LogP contribution in [0.3, 0.4) is 0 Å². The molecular formula is C23H30N2O3. The summed E-state index contributed by atoms with van der Waals surface area (Å²) in [5, 5.41) is 0. The van der Waals surface area contributed by atoms with Gasteiger partial charge in [0.25, 0.3) is 5.91 Å². The van der Waals surface area contributed by atoms with Crippen LogP contribution < -0.4 is 9.47 Å². The molecule has 3 rings (SSSR count). The molecule has 0 saturated carbocycles. The number of methoxy groups -OCH3 is 1. The zero-order valence-corrected chi connectivity index (χ0v) is 17.1. The summed E-state index contributed by atoms with van der Waals surface area (Å²) < 4.78 is 11.4. The third-order valence-corrected chi connectivity index (χ3v) is 4.93. The maximum absolute atomic E-state index is 12.9. The first-order valence-electron chi connectivity index (χ1n) is 9.93. The summed E-state index contributed by atoms with van der Waals surface area (Å²) in [6.45, 7) is 9.39. The van der Waals surface area contributed by atoms with Crippen molar-refractivity contribution in [2.24, 2.45) is 5.92 Å². The smallest absolute Gasteiger partial charge is 0.254 e. The van der Waals surface area contributed by atoms with Crippen molar-refractivity contribution >= 4 is 5.91 Å². The van der Waals surface area contributed by atoms with E-state index in [1.165, 1.54) is 0 Å². The molecular weight excluding hydrogens is 352 g/mol. The van der Waals surface area contributed by atoms with Gasteiger partial charge < -0.3 is 14.4 Å². The molecule has 0 aliphatic carbocycles. The number of hydrogen-bond acceptors (Lipinski definition) is 4. The van der Waals surface area contributed by atoms with E-state index in [-0.39, 0.29) is 5.91 Å². The first-order valence-corrected chi connectivity index (χ1v) is 9.93. The molecule has 28 heavy (non-hydrogen) atoms. The molecule has 1 heterocycles. The van der Waals surface area contributed by atoms with Crippen molar-refractivity contribution in [1.29, 1.82) is 0 Å². The Hall–Kier alpha value is -2.53. The zero-order chi connectivity index (χ0) is 19.9. The minimum absolute atomic E-state index is 0.0529. The van der Waals surface area contributed by atoms with Crippen LogP contribution in [0.2, 0.25) is 0 Å². The molecule has 0 atom stereocenters. The average molecular weight is 383 g/mol. The molecule has 5 nitrogen and oxygen atoms in total. The second-order valence-electron chi connectivity index (χ2n) is 7.63. The van der Waals surface area contributed by atoms with Crippen LogP contribution in [-0.2, 0) is 6.61 Å². The van der Waals surface area contributed by atoms with Gasteiger partial charge in [-0.1, -0.05) is 44.2 Å². The molecule has 150 valence electrons. The van der Waals surface area contributed by atoms with Crippen molar-refractivity contribution < 1.29 is 14.3 Å². The fraction of sp³-hybridized carbons (Fsp3) is 0.435. The molecule has 1 aliphatic heterocycles. The molecule has 5 heteroatoms. The van der Waals surface area contributed by atoms with Gasteiger partial charge in [0.15, 0.2) is 11.5 Å². The van der Waals surface area contributed by atoms with E-state index in [1.54, 1.807) is 13.2 Å². The molecule has 2 aromatic carbocycles. The lowest BCUT2D eigenvalue weighted by Crippen LogP contribution is -2.49. The van der Waals surface area contributed by atoms with E-state index >= 15 is 0 Å². The van der Waals surface area contributed by atoms with Crippen LogP contribution in [0, 0.1) is 5.92 Å². The van der Waals surface area contributed by atoms with Gasteiger partial charge in [-0.25, -0.2) is 0 Å². The van der Waals surface area contributed by atoms with Gasteiger partial charge in [0.05, 0.1) is 7.11 Å². The Morgan fingerprint density at radius 1 is 1.00 bits per heavy atom. The molecule has 1 saturated heterocycles. The van der Waals surface area contributed by atoms with E-state index in [2.05, 4.69) is 18.7 Å². The van der Waals surface area contributed by atoms with Crippen molar-refractivity contribution in [2.75, 3.05) is 39.8 Å². The number of carbonyl (C=O) groups excluding carboxylic acids is 1. The average Bonchev–Trinajstić information content (AvgIpc) is 2.72. The zero-order valence-electron chi connectivity index (χ0n) is 17.1. The lowest BCUT2D eigenvalue weighted by atomic mass is 10.1. The van der Waals surface area contributed by atoms with Gasteiger partial charge in [-0.05, 0) is 29.7 Å². The predicted molar refractivity (Wildman–Crippen MR) is 111 cm³/mol. The van der Waals surface area contributed by atoms with Gasteiger partial charge >= 0.3 is 0 Å². The van der Waals surface area contributed by atoms with Crippen LogP contribution in [0.5, 0.6) is 11.5 Å². The number of benzene rings is 2. The van der Waals surface area contributed by atoms with E-state index in [0.29, 0.717) is 29.6 Å². The molecule has 1 amide bonds. The second kappa shape index (κ2) is 9.60. The summed E-state index contributed by atoms with van der Waals surface area (Å²) >= 11 is 0. The Balaban J connectivity index is 1.62. The van der Waals surface area contributed by atoms with Gasteiger partial charge in [-0.2, -0.15) is 0 Å². The highest BCUT2D eigenvalue weighted by Crippen LogP contribution is 2.29. The Morgan fingerprint density at radius 2 is 1.71 bits per heavy atom. The minimum Gasteiger partial charge on any atom is -0.493 e. The van der Waals surface area contributed by atoms with Crippen LogP contribution >= 0.6 is 0 Å². The van der Waals surface area contributed by atoms with E-state index in [0.717, 1.165) is 38.3 Å². The van der Waals surface area contributed by atoms with Crippen molar-refractivity contribution in [1.82, 2.24) is 9.80 Å². The summed E-state index contributed by atoms with van der Waals surface area (Å²) in [5.74, 6) is 1.93. The molecule has 0 aromatic heterocycles. The highest BCUT2D eigenvalue weighted by molar-refractivity contribution is 5.95. The van der Waals surface area contributed by atoms with Gasteiger partial charge in [-0.15, -0.1) is 0 Å². The number of hydrogen-bond donors (Lipinski definition) is 0. The van der Waals surface area contributed by atoms with Crippen molar-refractivity contribution in [3.05, 3.63) is 59.7 Å². The third kappa shape index (κ3) is 5.26. The molecule has 0 radical (unpaired) electrons. The molecule has 0 N–H and O–H groups in total. The fourth-order valence-corrected chi connectivity index (χ4v) is 3.49. The monoisotopic (exact) mass is 382 g/mol. The first-order chi connectivity index (χ1) is 13.6.